The van der Waals surface area contributed by atoms with E-state index < -0.39 is 23.4 Å². The van der Waals surface area contributed by atoms with Crippen LogP contribution in [0.3, 0.4) is 0 Å². The second kappa shape index (κ2) is 9.36. The molecule has 2 aromatic heterocycles. The molecule has 0 spiro atoms. The predicted molar refractivity (Wildman–Crippen MR) is 121 cm³/mol. The van der Waals surface area contributed by atoms with E-state index in [1.54, 1.807) is 6.07 Å². The van der Waals surface area contributed by atoms with E-state index in [0.717, 1.165) is 37.8 Å². The number of hydrogen-bond acceptors (Lipinski definition) is 5. The highest BCUT2D eigenvalue weighted by atomic mass is 19.2. The van der Waals surface area contributed by atoms with E-state index in [2.05, 4.69) is 19.9 Å². The summed E-state index contributed by atoms with van der Waals surface area (Å²) in [6.45, 7) is 0. The van der Waals surface area contributed by atoms with Gasteiger partial charge in [-0.2, -0.15) is 0 Å². The molecule has 0 saturated heterocycles. The molecular weight excluding hydrogens is 461 g/mol. The van der Waals surface area contributed by atoms with Gasteiger partial charge in [-0.3, -0.25) is 4.79 Å². The Bertz CT molecular complexity index is 1340. The Morgan fingerprint density at radius 3 is 2.46 bits per heavy atom. The summed E-state index contributed by atoms with van der Waals surface area (Å²) in [7, 11) is 0. The number of benzene rings is 2. The molecule has 0 radical (unpaired) electrons. The van der Waals surface area contributed by atoms with Crippen LogP contribution in [0.25, 0.3) is 33.7 Å². The van der Waals surface area contributed by atoms with Gasteiger partial charge in [0.05, 0.1) is 34.7 Å². The van der Waals surface area contributed by atoms with Gasteiger partial charge in [0.2, 0.25) is 5.88 Å². The molecule has 1 saturated carbocycles. The predicted octanol–water partition coefficient (Wildman–Crippen LogP) is 5.52. The summed E-state index contributed by atoms with van der Waals surface area (Å²) >= 11 is 0. The standard InChI is InChI=1S/C25H21F3N4O3/c26-17-8-14(3-6-16(17)25-31-20-9-18(27)19(28)10-21(20)32-25)22-11-30-23(12-29-22)35-15-4-1-13(2-5-15)7-24(33)34/h3,6,8-13,15H,1-2,4-5,7H2,(H,31,32)(H,33,34). The maximum Gasteiger partial charge on any atom is 0.303 e. The Morgan fingerprint density at radius 1 is 1.00 bits per heavy atom. The lowest BCUT2D eigenvalue weighted by atomic mass is 9.85. The highest BCUT2D eigenvalue weighted by molar-refractivity contribution is 5.80. The van der Waals surface area contributed by atoms with Gasteiger partial charge in [0.25, 0.3) is 0 Å². The number of halogens is 3. The number of aromatic nitrogens is 4. The third-order valence-corrected chi connectivity index (χ3v) is 6.22. The lowest BCUT2D eigenvalue weighted by Gasteiger charge is -2.27. The number of hydrogen-bond donors (Lipinski definition) is 2. The molecule has 2 N–H and O–H groups in total. The number of ether oxygens (including phenoxy) is 1. The maximum absolute atomic E-state index is 14.9. The lowest BCUT2D eigenvalue weighted by molar-refractivity contribution is -0.138. The Kier molecular flexibility index (Phi) is 6.10. The Hall–Kier alpha value is -3.95. The van der Waals surface area contributed by atoms with Crippen molar-refractivity contribution >= 4 is 17.0 Å². The van der Waals surface area contributed by atoms with Gasteiger partial charge in [-0.05, 0) is 43.7 Å². The van der Waals surface area contributed by atoms with Crippen LogP contribution in [0.4, 0.5) is 13.2 Å². The molecule has 1 fully saturated rings. The second-order valence-electron chi connectivity index (χ2n) is 8.66. The summed E-state index contributed by atoms with van der Waals surface area (Å²) in [5.41, 5.74) is 1.55. The normalized spacial score (nSPS) is 18.0. The minimum absolute atomic E-state index is 0.0392. The molecule has 2 heterocycles. The van der Waals surface area contributed by atoms with Crippen LogP contribution in [-0.2, 0) is 4.79 Å². The van der Waals surface area contributed by atoms with E-state index in [9.17, 15) is 18.0 Å². The largest absolute Gasteiger partial charge is 0.481 e. The van der Waals surface area contributed by atoms with Crippen molar-refractivity contribution in [1.82, 2.24) is 19.9 Å². The van der Waals surface area contributed by atoms with E-state index in [4.69, 9.17) is 9.84 Å². The first-order valence-corrected chi connectivity index (χ1v) is 11.2. The number of aliphatic carboxylic acids is 1. The van der Waals surface area contributed by atoms with Crippen LogP contribution in [-0.4, -0.2) is 37.1 Å². The zero-order chi connectivity index (χ0) is 24.5. The molecule has 0 amide bonds. The fourth-order valence-corrected chi connectivity index (χ4v) is 4.40. The first-order chi connectivity index (χ1) is 16.9. The number of fused-ring (bicyclic) bond motifs is 1. The Morgan fingerprint density at radius 2 is 1.77 bits per heavy atom. The molecule has 1 aliphatic carbocycles. The van der Waals surface area contributed by atoms with E-state index in [1.807, 2.05) is 0 Å². The van der Waals surface area contributed by atoms with Crippen molar-refractivity contribution in [2.24, 2.45) is 5.92 Å². The minimum Gasteiger partial charge on any atom is -0.481 e. The van der Waals surface area contributed by atoms with Gasteiger partial charge in [-0.25, -0.2) is 28.1 Å². The van der Waals surface area contributed by atoms with Crippen LogP contribution in [0.2, 0.25) is 0 Å². The van der Waals surface area contributed by atoms with Crippen LogP contribution in [0, 0.1) is 23.4 Å². The molecular formula is C25H21F3N4O3. The van der Waals surface area contributed by atoms with E-state index in [0.29, 0.717) is 17.1 Å². The third-order valence-electron chi connectivity index (χ3n) is 6.22. The maximum atomic E-state index is 14.9. The van der Waals surface area contributed by atoms with Crippen molar-refractivity contribution in [2.45, 2.75) is 38.2 Å². The number of carbonyl (C=O) groups is 1. The molecule has 2 aromatic carbocycles. The van der Waals surface area contributed by atoms with Crippen LogP contribution in [0.15, 0.2) is 42.7 Å². The quantitative estimate of drug-likeness (QED) is 0.376. The number of nitrogens with zero attached hydrogens (tertiary/aromatic N) is 3. The molecule has 0 atom stereocenters. The van der Waals surface area contributed by atoms with Gasteiger partial charge in [0.1, 0.15) is 17.7 Å². The Labute approximate surface area is 198 Å². The van der Waals surface area contributed by atoms with Gasteiger partial charge >= 0.3 is 5.97 Å². The average molecular weight is 482 g/mol. The molecule has 1 aliphatic rings. The number of imidazole rings is 1. The summed E-state index contributed by atoms with van der Waals surface area (Å²) in [5, 5.41) is 8.92. The first-order valence-electron chi connectivity index (χ1n) is 11.2. The molecule has 10 heteroatoms. The summed E-state index contributed by atoms with van der Waals surface area (Å²) < 4.78 is 47.7. The molecule has 35 heavy (non-hydrogen) atoms. The first kappa shape index (κ1) is 22.8. The van der Waals surface area contributed by atoms with Gasteiger partial charge in [0, 0.05) is 24.1 Å². The highest BCUT2D eigenvalue weighted by Gasteiger charge is 2.24. The van der Waals surface area contributed by atoms with E-state index >= 15 is 0 Å². The molecule has 0 aliphatic heterocycles. The third kappa shape index (κ3) is 4.96. The monoisotopic (exact) mass is 482 g/mol. The fourth-order valence-electron chi connectivity index (χ4n) is 4.40. The number of aromatic amines is 1. The van der Waals surface area contributed by atoms with Crippen molar-refractivity contribution in [2.75, 3.05) is 0 Å². The van der Waals surface area contributed by atoms with Crippen molar-refractivity contribution in [3.05, 3.63) is 60.2 Å². The minimum atomic E-state index is -1.02. The van der Waals surface area contributed by atoms with Gasteiger partial charge in [-0.1, -0.05) is 6.07 Å². The number of H-pyrrole nitrogens is 1. The highest BCUT2D eigenvalue weighted by Crippen LogP contribution is 2.30. The molecule has 0 bridgehead atoms. The number of rotatable bonds is 6. The summed E-state index contributed by atoms with van der Waals surface area (Å²) in [4.78, 5) is 26.4. The van der Waals surface area contributed by atoms with Gasteiger partial charge in [0.15, 0.2) is 11.6 Å². The molecule has 180 valence electrons. The van der Waals surface area contributed by atoms with Crippen LogP contribution in [0.1, 0.15) is 32.1 Å². The zero-order valence-electron chi connectivity index (χ0n) is 18.5. The summed E-state index contributed by atoms with van der Waals surface area (Å²) in [6.07, 6.45) is 6.22. The van der Waals surface area contributed by atoms with Crippen LogP contribution in [0.5, 0.6) is 5.88 Å². The molecule has 5 rings (SSSR count). The molecule has 0 unspecified atom stereocenters. The summed E-state index contributed by atoms with van der Waals surface area (Å²) in [5.74, 6) is -2.70. The number of nitrogens with one attached hydrogen (secondary N) is 1. The molecule has 4 aromatic rings. The lowest BCUT2D eigenvalue weighted by Crippen LogP contribution is -2.25. The zero-order valence-corrected chi connectivity index (χ0v) is 18.5. The number of carboxylic acids is 1. The number of carboxylic acid groups (broad SMARTS) is 1. The van der Waals surface area contributed by atoms with E-state index in [1.165, 1.54) is 24.5 Å². The summed E-state index contributed by atoms with van der Waals surface area (Å²) in [6, 6.07) is 6.39. The fraction of sp³-hybridized carbons (Fsp3) is 0.280. The SMILES string of the molecule is O=C(O)CC1CCC(Oc2cnc(-c3ccc(-c4nc5cc(F)c(F)cc5[nH]4)c(F)c3)cn2)CC1. The smallest absolute Gasteiger partial charge is 0.303 e. The van der Waals surface area contributed by atoms with Gasteiger partial charge < -0.3 is 14.8 Å². The van der Waals surface area contributed by atoms with Crippen molar-refractivity contribution in [3.63, 3.8) is 0 Å². The van der Waals surface area contributed by atoms with Crippen molar-refractivity contribution in [3.8, 4) is 28.5 Å². The second-order valence-corrected chi connectivity index (χ2v) is 8.66. The Balaban J connectivity index is 1.27. The topological polar surface area (TPSA) is 101 Å². The van der Waals surface area contributed by atoms with E-state index in [-0.39, 0.29) is 40.9 Å². The average Bonchev–Trinajstić information content (AvgIpc) is 3.23. The molecule has 7 nitrogen and oxygen atoms in total. The van der Waals surface area contributed by atoms with Crippen LogP contribution >= 0.6 is 0 Å². The van der Waals surface area contributed by atoms with Crippen molar-refractivity contribution < 1.29 is 27.8 Å². The van der Waals surface area contributed by atoms with Gasteiger partial charge in [-0.15, -0.1) is 0 Å². The van der Waals surface area contributed by atoms with Crippen LogP contribution < -0.4 is 4.74 Å². The van der Waals surface area contributed by atoms with Crippen molar-refractivity contribution in [1.29, 1.82) is 0 Å².